The van der Waals surface area contributed by atoms with Crippen molar-refractivity contribution in [3.05, 3.63) is 35.2 Å². The standard InChI is InChI=1S/C20H24N4O2S/c1-20(15-5-6-16-14(12-15)7-11-27-16)13-18(26)24(19(21)22-20)10-3-9-23-8-2-4-17(23)25/h5-7,11-12H,2-4,8-10,13H2,1H3,(H2,21,22). The molecule has 0 radical (unpaired) electrons. The number of carbonyl (C=O) groups excluding carboxylic acids is 2. The van der Waals surface area contributed by atoms with Gasteiger partial charge < -0.3 is 10.2 Å². The minimum absolute atomic E-state index is 0.0422. The van der Waals surface area contributed by atoms with E-state index in [0.717, 1.165) is 23.9 Å². The van der Waals surface area contributed by atoms with Crippen molar-refractivity contribution in [2.45, 2.75) is 38.1 Å². The summed E-state index contributed by atoms with van der Waals surface area (Å²) in [7, 11) is 0. The molecule has 1 atom stereocenters. The topological polar surface area (TPSA) is 76.5 Å². The number of fused-ring (bicyclic) bond motifs is 1. The highest BCUT2D eigenvalue weighted by Gasteiger charge is 2.39. The van der Waals surface area contributed by atoms with Crippen LogP contribution in [0.1, 0.15) is 38.2 Å². The Labute approximate surface area is 162 Å². The molecule has 6 nitrogen and oxygen atoms in total. The van der Waals surface area contributed by atoms with Crippen molar-refractivity contribution >= 4 is 39.2 Å². The monoisotopic (exact) mass is 384 g/mol. The van der Waals surface area contributed by atoms with Crippen LogP contribution < -0.4 is 5.32 Å². The first-order valence-electron chi connectivity index (χ1n) is 9.39. The fourth-order valence-corrected chi connectivity index (χ4v) is 4.75. The lowest BCUT2D eigenvalue weighted by atomic mass is 9.86. The van der Waals surface area contributed by atoms with Crippen molar-refractivity contribution < 1.29 is 9.59 Å². The molecule has 2 aliphatic heterocycles. The smallest absolute Gasteiger partial charge is 0.231 e. The number of hydrogen-bond donors (Lipinski definition) is 2. The Bertz CT molecular complexity index is 888. The van der Waals surface area contributed by atoms with E-state index in [1.807, 2.05) is 17.9 Å². The molecule has 2 aliphatic rings. The van der Waals surface area contributed by atoms with Gasteiger partial charge in [-0.15, -0.1) is 11.3 Å². The van der Waals surface area contributed by atoms with Gasteiger partial charge in [-0.1, -0.05) is 6.07 Å². The highest BCUT2D eigenvalue weighted by molar-refractivity contribution is 7.17. The fourth-order valence-electron chi connectivity index (χ4n) is 3.98. The molecule has 2 amide bonds. The van der Waals surface area contributed by atoms with Gasteiger partial charge in [0.05, 0.1) is 12.0 Å². The van der Waals surface area contributed by atoms with Crippen molar-refractivity contribution in [2.75, 3.05) is 19.6 Å². The van der Waals surface area contributed by atoms with Gasteiger partial charge in [0.2, 0.25) is 11.8 Å². The fraction of sp³-hybridized carbons (Fsp3) is 0.450. The van der Waals surface area contributed by atoms with Gasteiger partial charge in [0.25, 0.3) is 0 Å². The van der Waals surface area contributed by atoms with Crippen LogP contribution in [-0.2, 0) is 15.1 Å². The van der Waals surface area contributed by atoms with Crippen LogP contribution in [0.15, 0.2) is 29.6 Å². The van der Waals surface area contributed by atoms with Crippen LogP contribution in [0, 0.1) is 5.41 Å². The molecule has 2 aromatic rings. The number of amides is 2. The summed E-state index contributed by atoms with van der Waals surface area (Å²) in [4.78, 5) is 27.8. The third kappa shape index (κ3) is 3.43. The van der Waals surface area contributed by atoms with E-state index in [1.165, 1.54) is 9.60 Å². The zero-order valence-electron chi connectivity index (χ0n) is 15.5. The van der Waals surface area contributed by atoms with Gasteiger partial charge >= 0.3 is 0 Å². The predicted octanol–water partition coefficient (Wildman–Crippen LogP) is 2.89. The average Bonchev–Trinajstić information content (AvgIpc) is 3.25. The van der Waals surface area contributed by atoms with Gasteiger partial charge in [-0.2, -0.15) is 0 Å². The van der Waals surface area contributed by atoms with Crippen LogP contribution in [0.4, 0.5) is 0 Å². The molecule has 142 valence electrons. The highest BCUT2D eigenvalue weighted by Crippen LogP contribution is 2.32. The Morgan fingerprint density at radius 2 is 2.07 bits per heavy atom. The molecular weight excluding hydrogens is 360 g/mol. The zero-order valence-corrected chi connectivity index (χ0v) is 16.3. The van der Waals surface area contributed by atoms with E-state index in [9.17, 15) is 9.59 Å². The summed E-state index contributed by atoms with van der Waals surface area (Å²) in [6.07, 6.45) is 2.56. The number of rotatable bonds is 5. The molecule has 0 bridgehead atoms. The first-order chi connectivity index (χ1) is 13.0. The third-order valence-electron chi connectivity index (χ3n) is 5.54. The van der Waals surface area contributed by atoms with E-state index in [1.54, 1.807) is 11.3 Å². The largest absolute Gasteiger partial charge is 0.346 e. The molecule has 0 spiro atoms. The van der Waals surface area contributed by atoms with Crippen LogP contribution in [0.25, 0.3) is 10.1 Å². The summed E-state index contributed by atoms with van der Waals surface area (Å²) in [5, 5.41) is 14.8. The van der Waals surface area contributed by atoms with E-state index in [0.29, 0.717) is 32.4 Å². The Morgan fingerprint density at radius 3 is 2.81 bits per heavy atom. The number of carbonyl (C=O) groups is 2. The van der Waals surface area contributed by atoms with Gasteiger partial charge in [-0.3, -0.25) is 19.9 Å². The second-order valence-corrected chi connectivity index (χ2v) is 8.49. The van der Waals surface area contributed by atoms with Crippen molar-refractivity contribution in [3.8, 4) is 0 Å². The third-order valence-corrected chi connectivity index (χ3v) is 6.44. The highest BCUT2D eigenvalue weighted by atomic mass is 32.1. The SMILES string of the molecule is CC1(c2ccc3sccc3c2)CC(=O)N(CCCN2CCCC2=O)C(=N)N1. The predicted molar refractivity (Wildman–Crippen MR) is 107 cm³/mol. The van der Waals surface area contributed by atoms with Gasteiger partial charge in [0.15, 0.2) is 5.96 Å². The second-order valence-electron chi connectivity index (χ2n) is 7.54. The number of benzene rings is 1. The summed E-state index contributed by atoms with van der Waals surface area (Å²) < 4.78 is 1.22. The first kappa shape index (κ1) is 18.0. The molecule has 1 aromatic heterocycles. The molecule has 0 aliphatic carbocycles. The maximum atomic E-state index is 12.8. The summed E-state index contributed by atoms with van der Waals surface area (Å²) >= 11 is 1.70. The summed E-state index contributed by atoms with van der Waals surface area (Å²) in [6.45, 7) is 3.91. The molecule has 2 saturated heterocycles. The number of nitrogens with one attached hydrogen (secondary N) is 2. The summed E-state index contributed by atoms with van der Waals surface area (Å²) in [6, 6.07) is 8.31. The van der Waals surface area contributed by atoms with Crippen LogP contribution in [0.5, 0.6) is 0 Å². The molecular formula is C20H24N4O2S. The normalized spacial score (nSPS) is 23.4. The molecule has 7 heteroatoms. The molecule has 4 rings (SSSR count). The van der Waals surface area contributed by atoms with Gasteiger partial charge in [0, 0.05) is 30.8 Å². The number of guanidine groups is 1. The Hall–Kier alpha value is -2.41. The molecule has 1 unspecified atom stereocenters. The Balaban J connectivity index is 1.42. The van der Waals surface area contributed by atoms with Crippen LogP contribution in [0.2, 0.25) is 0 Å². The molecule has 2 fully saturated rings. The summed E-state index contributed by atoms with van der Waals surface area (Å²) in [5.74, 6) is 0.302. The summed E-state index contributed by atoms with van der Waals surface area (Å²) in [5.41, 5.74) is 0.444. The Kier molecular flexibility index (Phi) is 4.63. The molecule has 0 saturated carbocycles. The number of likely N-dealkylation sites (tertiary alicyclic amines) is 1. The van der Waals surface area contributed by atoms with E-state index >= 15 is 0 Å². The maximum Gasteiger partial charge on any atom is 0.231 e. The lowest BCUT2D eigenvalue weighted by Crippen LogP contribution is -2.59. The van der Waals surface area contributed by atoms with Gasteiger partial charge in [-0.25, -0.2) is 0 Å². The molecule has 1 aromatic carbocycles. The lowest BCUT2D eigenvalue weighted by molar-refractivity contribution is -0.130. The van der Waals surface area contributed by atoms with Crippen molar-refractivity contribution in [3.63, 3.8) is 0 Å². The quantitative estimate of drug-likeness (QED) is 0.832. The molecule has 27 heavy (non-hydrogen) atoms. The average molecular weight is 385 g/mol. The van der Waals surface area contributed by atoms with Crippen LogP contribution in [-0.4, -0.2) is 47.2 Å². The van der Waals surface area contributed by atoms with E-state index in [2.05, 4.69) is 28.9 Å². The van der Waals surface area contributed by atoms with Crippen LogP contribution >= 0.6 is 11.3 Å². The molecule has 2 N–H and O–H groups in total. The maximum absolute atomic E-state index is 12.8. The number of hydrogen-bond acceptors (Lipinski definition) is 4. The lowest BCUT2D eigenvalue weighted by Gasteiger charge is -2.41. The van der Waals surface area contributed by atoms with Crippen molar-refractivity contribution in [1.82, 2.24) is 15.1 Å². The van der Waals surface area contributed by atoms with Gasteiger partial charge in [0.1, 0.15) is 0 Å². The van der Waals surface area contributed by atoms with Crippen molar-refractivity contribution in [1.29, 1.82) is 5.41 Å². The minimum atomic E-state index is -0.578. The van der Waals surface area contributed by atoms with Gasteiger partial charge in [-0.05, 0) is 54.3 Å². The molecule has 3 heterocycles. The Morgan fingerprint density at radius 1 is 1.22 bits per heavy atom. The first-order valence-corrected chi connectivity index (χ1v) is 10.3. The van der Waals surface area contributed by atoms with Crippen LogP contribution in [0.3, 0.4) is 0 Å². The van der Waals surface area contributed by atoms with E-state index < -0.39 is 5.54 Å². The zero-order chi connectivity index (χ0) is 19.0. The van der Waals surface area contributed by atoms with E-state index in [4.69, 9.17) is 5.41 Å². The second kappa shape index (κ2) is 6.96. The minimum Gasteiger partial charge on any atom is -0.346 e. The number of nitrogens with zero attached hydrogens (tertiary/aromatic N) is 2. The number of thiophene rings is 1. The van der Waals surface area contributed by atoms with E-state index in [-0.39, 0.29) is 17.8 Å². The van der Waals surface area contributed by atoms with Crippen molar-refractivity contribution in [2.24, 2.45) is 0 Å².